The predicted octanol–water partition coefficient (Wildman–Crippen LogP) is 3.91. The Kier molecular flexibility index (Phi) is 3.70. The highest BCUT2D eigenvalue weighted by Crippen LogP contribution is 2.22. The lowest BCUT2D eigenvalue weighted by atomic mass is 10.2. The van der Waals surface area contributed by atoms with E-state index in [1.807, 2.05) is 24.3 Å². The van der Waals surface area contributed by atoms with E-state index in [0.717, 1.165) is 4.90 Å². The molecule has 0 fully saturated rings. The molecular formula is C12H9ClO2S. The van der Waals surface area contributed by atoms with E-state index in [4.69, 9.17) is 16.0 Å². The van der Waals surface area contributed by atoms with Gasteiger partial charge in [-0.25, -0.2) is 0 Å². The van der Waals surface area contributed by atoms with Crippen molar-refractivity contribution >= 4 is 29.1 Å². The molecule has 0 bridgehead atoms. The lowest BCUT2D eigenvalue weighted by Gasteiger charge is -2.00. The largest absolute Gasteiger partial charge is 0.472 e. The summed E-state index contributed by atoms with van der Waals surface area (Å²) < 4.78 is 4.86. The molecule has 0 unspecified atom stereocenters. The normalized spacial score (nSPS) is 10.3. The average molecular weight is 253 g/mol. The van der Waals surface area contributed by atoms with Crippen molar-refractivity contribution in [3.8, 4) is 0 Å². The van der Waals surface area contributed by atoms with Crippen LogP contribution in [0.15, 0.2) is 52.2 Å². The molecule has 4 heteroatoms. The molecule has 82 valence electrons. The Morgan fingerprint density at radius 2 is 2.25 bits per heavy atom. The van der Waals surface area contributed by atoms with Gasteiger partial charge in [-0.15, -0.1) is 11.8 Å². The van der Waals surface area contributed by atoms with Crippen molar-refractivity contribution in [3.63, 3.8) is 0 Å². The molecule has 2 rings (SSSR count). The van der Waals surface area contributed by atoms with Gasteiger partial charge in [-0.1, -0.05) is 17.7 Å². The van der Waals surface area contributed by atoms with Gasteiger partial charge in [0.1, 0.15) is 6.26 Å². The summed E-state index contributed by atoms with van der Waals surface area (Å²) in [5, 5.41) is 0.681. The van der Waals surface area contributed by atoms with Crippen molar-refractivity contribution in [2.75, 3.05) is 5.75 Å². The summed E-state index contributed by atoms with van der Waals surface area (Å²) in [7, 11) is 0. The number of hydrogen-bond donors (Lipinski definition) is 0. The Hall–Kier alpha value is -1.19. The number of ketones is 1. The summed E-state index contributed by atoms with van der Waals surface area (Å²) in [5.74, 6) is 0.443. The molecule has 0 amide bonds. The first kappa shape index (κ1) is 11.3. The Morgan fingerprint density at radius 3 is 2.94 bits per heavy atom. The third-order valence-electron chi connectivity index (χ3n) is 2.01. The quantitative estimate of drug-likeness (QED) is 0.611. The Morgan fingerprint density at radius 1 is 1.38 bits per heavy atom. The number of thioether (sulfide) groups is 1. The molecule has 1 heterocycles. The molecule has 1 aromatic heterocycles. The molecule has 0 aliphatic rings. The van der Waals surface area contributed by atoms with Crippen LogP contribution in [0.2, 0.25) is 5.02 Å². The molecule has 0 radical (unpaired) electrons. The van der Waals surface area contributed by atoms with Gasteiger partial charge >= 0.3 is 0 Å². The standard InChI is InChI=1S/C12H9ClO2S/c13-10-2-1-3-11(6-10)16-8-12(14)9-4-5-15-7-9/h1-7H,8H2. The molecular weight excluding hydrogens is 244 g/mol. The van der Waals surface area contributed by atoms with Gasteiger partial charge in [0, 0.05) is 9.92 Å². The molecule has 0 saturated heterocycles. The number of Topliss-reactive ketones (excluding diaryl/α,β-unsaturated/α-hetero) is 1. The van der Waals surface area contributed by atoms with Crippen LogP contribution in [0.3, 0.4) is 0 Å². The van der Waals surface area contributed by atoms with Crippen LogP contribution in [-0.4, -0.2) is 11.5 Å². The Labute approximate surface area is 103 Å². The number of carbonyl (C=O) groups is 1. The smallest absolute Gasteiger partial charge is 0.176 e. The minimum absolute atomic E-state index is 0.0544. The zero-order valence-corrected chi connectivity index (χ0v) is 9.92. The van der Waals surface area contributed by atoms with Crippen LogP contribution in [0.4, 0.5) is 0 Å². The van der Waals surface area contributed by atoms with Crippen molar-refractivity contribution in [2.45, 2.75) is 4.90 Å². The van der Waals surface area contributed by atoms with Gasteiger partial charge in [0.2, 0.25) is 0 Å². The van der Waals surface area contributed by atoms with E-state index >= 15 is 0 Å². The number of furan rings is 1. The summed E-state index contributed by atoms with van der Waals surface area (Å²) in [6.45, 7) is 0. The number of benzene rings is 1. The SMILES string of the molecule is O=C(CSc1cccc(Cl)c1)c1ccoc1. The molecule has 2 aromatic rings. The van der Waals surface area contributed by atoms with Crippen molar-refractivity contribution in [1.82, 2.24) is 0 Å². The fourth-order valence-electron chi connectivity index (χ4n) is 1.21. The molecule has 16 heavy (non-hydrogen) atoms. The van der Waals surface area contributed by atoms with E-state index in [9.17, 15) is 4.79 Å². The second kappa shape index (κ2) is 5.23. The third kappa shape index (κ3) is 2.90. The minimum atomic E-state index is 0.0544. The molecule has 0 saturated carbocycles. The third-order valence-corrected chi connectivity index (χ3v) is 3.24. The van der Waals surface area contributed by atoms with Gasteiger partial charge in [0.05, 0.1) is 17.6 Å². The van der Waals surface area contributed by atoms with Gasteiger partial charge in [0.25, 0.3) is 0 Å². The van der Waals surface area contributed by atoms with Crippen LogP contribution in [0, 0.1) is 0 Å². The van der Waals surface area contributed by atoms with Crippen LogP contribution in [-0.2, 0) is 0 Å². The fraction of sp³-hybridized carbons (Fsp3) is 0.0833. The van der Waals surface area contributed by atoms with Gasteiger partial charge < -0.3 is 4.42 Å². The second-order valence-electron chi connectivity index (χ2n) is 3.18. The van der Waals surface area contributed by atoms with Gasteiger partial charge in [0.15, 0.2) is 5.78 Å². The van der Waals surface area contributed by atoms with E-state index in [1.54, 1.807) is 6.07 Å². The number of carbonyl (C=O) groups excluding carboxylic acids is 1. The summed E-state index contributed by atoms with van der Waals surface area (Å²) in [5.41, 5.74) is 0.606. The average Bonchev–Trinajstić information content (AvgIpc) is 2.79. The molecule has 0 aliphatic carbocycles. The van der Waals surface area contributed by atoms with Crippen LogP contribution in [0.1, 0.15) is 10.4 Å². The maximum atomic E-state index is 11.7. The fourth-order valence-corrected chi connectivity index (χ4v) is 2.32. The monoisotopic (exact) mass is 252 g/mol. The van der Waals surface area contributed by atoms with E-state index in [1.165, 1.54) is 24.3 Å². The van der Waals surface area contributed by atoms with E-state index in [2.05, 4.69) is 0 Å². The van der Waals surface area contributed by atoms with Crippen molar-refractivity contribution in [1.29, 1.82) is 0 Å². The van der Waals surface area contributed by atoms with E-state index in [-0.39, 0.29) is 5.78 Å². The number of halogens is 1. The highest BCUT2D eigenvalue weighted by atomic mass is 35.5. The predicted molar refractivity (Wildman–Crippen MR) is 65.2 cm³/mol. The second-order valence-corrected chi connectivity index (χ2v) is 4.67. The van der Waals surface area contributed by atoms with Gasteiger partial charge in [-0.05, 0) is 24.3 Å². The molecule has 0 aliphatic heterocycles. The van der Waals surface area contributed by atoms with Crippen LogP contribution < -0.4 is 0 Å². The van der Waals surface area contributed by atoms with Crippen LogP contribution in [0.25, 0.3) is 0 Å². The minimum Gasteiger partial charge on any atom is -0.472 e. The summed E-state index contributed by atoms with van der Waals surface area (Å²) in [6.07, 6.45) is 2.96. The number of hydrogen-bond acceptors (Lipinski definition) is 3. The highest BCUT2D eigenvalue weighted by molar-refractivity contribution is 8.00. The van der Waals surface area contributed by atoms with E-state index in [0.29, 0.717) is 16.3 Å². The Bertz CT molecular complexity index is 480. The Balaban J connectivity index is 1.95. The van der Waals surface area contributed by atoms with Crippen molar-refractivity contribution in [2.24, 2.45) is 0 Å². The number of rotatable bonds is 4. The zero-order valence-electron chi connectivity index (χ0n) is 8.35. The molecule has 0 atom stereocenters. The first-order valence-electron chi connectivity index (χ1n) is 4.69. The maximum absolute atomic E-state index is 11.7. The van der Waals surface area contributed by atoms with Crippen LogP contribution >= 0.6 is 23.4 Å². The first-order valence-corrected chi connectivity index (χ1v) is 6.06. The first-order chi connectivity index (χ1) is 7.75. The lowest BCUT2D eigenvalue weighted by Crippen LogP contribution is -1.99. The zero-order chi connectivity index (χ0) is 11.4. The summed E-state index contributed by atoms with van der Waals surface area (Å²) >= 11 is 7.31. The van der Waals surface area contributed by atoms with Gasteiger partial charge in [-0.2, -0.15) is 0 Å². The molecule has 2 nitrogen and oxygen atoms in total. The molecule has 0 N–H and O–H groups in total. The van der Waals surface area contributed by atoms with E-state index < -0.39 is 0 Å². The van der Waals surface area contributed by atoms with Crippen molar-refractivity contribution < 1.29 is 9.21 Å². The van der Waals surface area contributed by atoms with Crippen molar-refractivity contribution in [3.05, 3.63) is 53.4 Å². The highest BCUT2D eigenvalue weighted by Gasteiger charge is 2.07. The van der Waals surface area contributed by atoms with Crippen LogP contribution in [0.5, 0.6) is 0 Å². The summed E-state index contributed by atoms with van der Waals surface area (Å²) in [4.78, 5) is 12.6. The summed E-state index contributed by atoms with van der Waals surface area (Å²) in [6, 6.07) is 9.12. The van der Waals surface area contributed by atoms with Gasteiger partial charge in [-0.3, -0.25) is 4.79 Å². The maximum Gasteiger partial charge on any atom is 0.176 e. The molecule has 0 spiro atoms. The topological polar surface area (TPSA) is 30.2 Å². The lowest BCUT2D eigenvalue weighted by molar-refractivity contribution is 0.102. The molecule has 1 aromatic carbocycles.